The van der Waals surface area contributed by atoms with Crippen LogP contribution in [0.1, 0.15) is 67.2 Å². The van der Waals surface area contributed by atoms with Crippen LogP contribution in [0.15, 0.2) is 96.3 Å². The number of aromatic nitrogens is 3. The van der Waals surface area contributed by atoms with E-state index in [1.807, 2.05) is 57.3 Å². The van der Waals surface area contributed by atoms with Gasteiger partial charge in [-0.05, 0) is 93.7 Å². The van der Waals surface area contributed by atoms with E-state index in [0.29, 0.717) is 30.7 Å². The molecule has 0 bridgehead atoms. The molecule has 3 aromatic carbocycles. The van der Waals surface area contributed by atoms with Crippen molar-refractivity contribution in [3.05, 3.63) is 96.3 Å². The van der Waals surface area contributed by atoms with Crippen LogP contribution in [0, 0.1) is 23.7 Å². The Morgan fingerprint density at radius 1 is 0.875 bits per heavy atom. The molecule has 4 N–H and O–H groups in total. The molecule has 1 fully saturated rings. The van der Waals surface area contributed by atoms with Gasteiger partial charge < -0.3 is 58.5 Å². The smallest absolute Gasteiger partial charge is 0.322 e. The van der Waals surface area contributed by atoms with Crippen LogP contribution in [0.2, 0.25) is 0 Å². The minimum absolute atomic E-state index is 0.0292. The van der Waals surface area contributed by atoms with Crippen molar-refractivity contribution in [3.8, 4) is 11.3 Å². The first kappa shape index (κ1) is 54.5. The number of aliphatic hydroxyl groups excluding tert-OH is 4. The predicted molar refractivity (Wildman–Crippen MR) is 270 cm³/mol. The number of aryl methyl sites for hydroxylation is 1. The number of likely N-dealkylation sites (N-methyl/N-ethyl adjacent to an activating group) is 1. The Kier molecular flexibility index (Phi) is 18.3. The fourth-order valence-corrected chi connectivity index (χ4v) is 10.5. The Bertz CT molecular complexity index is 2580. The molecule has 17 nitrogen and oxygen atoms in total. The molecule has 0 aliphatic carbocycles. The van der Waals surface area contributed by atoms with Crippen LogP contribution in [-0.4, -0.2) is 154 Å². The van der Waals surface area contributed by atoms with E-state index < -0.39 is 103 Å². The Balaban J connectivity index is 1.21. The van der Waals surface area contributed by atoms with Crippen LogP contribution in [0.3, 0.4) is 0 Å². The van der Waals surface area contributed by atoms with E-state index >= 15 is 0 Å². The summed E-state index contributed by atoms with van der Waals surface area (Å²) in [7, 11) is 6.38. The van der Waals surface area contributed by atoms with Gasteiger partial charge in [0.25, 0.3) is 0 Å². The Morgan fingerprint density at radius 2 is 1.58 bits per heavy atom. The molecule has 1 aromatic heterocycles. The number of aliphatic hydroxyl groups is 4. The van der Waals surface area contributed by atoms with E-state index in [0.717, 1.165) is 27.1 Å². The Labute approximate surface area is 422 Å². The highest BCUT2D eigenvalue weighted by atomic mass is 16.7. The van der Waals surface area contributed by atoms with Crippen LogP contribution in [0.5, 0.6) is 0 Å². The van der Waals surface area contributed by atoms with Crippen molar-refractivity contribution in [2.24, 2.45) is 23.7 Å². The lowest BCUT2D eigenvalue weighted by molar-refractivity contribution is -0.304. The molecule has 392 valence electrons. The molecule has 0 amide bonds. The van der Waals surface area contributed by atoms with Crippen LogP contribution in [0.25, 0.3) is 32.8 Å². The lowest BCUT2D eigenvalue weighted by Gasteiger charge is -2.46. The Hall–Kier alpha value is -5.24. The first-order valence-corrected chi connectivity index (χ1v) is 25.1. The molecule has 0 radical (unpaired) electrons. The molecule has 0 spiro atoms. The number of methoxy groups -OCH3 is 2. The van der Waals surface area contributed by atoms with Gasteiger partial charge in [0.1, 0.15) is 36.7 Å². The molecule has 3 aliphatic rings. The molecule has 17 heteroatoms. The van der Waals surface area contributed by atoms with Gasteiger partial charge in [0, 0.05) is 37.0 Å². The third-order valence-electron chi connectivity index (χ3n) is 14.7. The molecular formula is C55H74N4O13. The fourth-order valence-electron chi connectivity index (χ4n) is 10.5. The number of nitrogens with zero attached hydrogens (tertiary/aromatic N) is 4. The number of benzene rings is 3. The van der Waals surface area contributed by atoms with Crippen molar-refractivity contribution >= 4 is 33.3 Å². The lowest BCUT2D eigenvalue weighted by atomic mass is 9.79. The average molecular weight is 999 g/mol. The summed E-state index contributed by atoms with van der Waals surface area (Å²) in [5, 5.41) is 59.3. The number of cyclic esters (lactones) is 1. The first-order chi connectivity index (χ1) is 34.4. The maximum Gasteiger partial charge on any atom is 0.322 e. The predicted octanol–water partition coefficient (Wildman–Crippen LogP) is 6.10. The normalized spacial score (nSPS) is 33.6. The molecule has 7 rings (SSSR count). The summed E-state index contributed by atoms with van der Waals surface area (Å²) in [6.45, 7) is 11.0. The second-order valence-electron chi connectivity index (χ2n) is 20.0. The molecule has 4 aromatic rings. The van der Waals surface area contributed by atoms with E-state index in [4.69, 9.17) is 33.2 Å². The van der Waals surface area contributed by atoms with Gasteiger partial charge in [-0.3, -0.25) is 14.3 Å². The Morgan fingerprint density at radius 3 is 2.28 bits per heavy atom. The van der Waals surface area contributed by atoms with Gasteiger partial charge in [-0.25, -0.2) is 0 Å². The SMILES string of the molecule is CC[C@H]1OC(=O)C[C@@H](O)[C@H](C)[C@@H](O[C@@H]2O[C@H](C)[C@@H](O)C(N(C)C)C2O)[C@@H](CCn2cc(-c3cc4ccccc4c4ccccc34)nn2)C[C@@H](C)C(=O)/C=C/C(C)=C/[C@@H]1COC1=C(OC)[C@@H](OC)[C@H](O)C(C)O1. The molecule has 72 heavy (non-hydrogen) atoms. The van der Waals surface area contributed by atoms with E-state index in [9.17, 15) is 30.0 Å². The van der Waals surface area contributed by atoms with Crippen molar-refractivity contribution in [2.75, 3.05) is 34.9 Å². The lowest BCUT2D eigenvalue weighted by Crippen LogP contribution is -2.63. The highest BCUT2D eigenvalue weighted by molar-refractivity contribution is 6.13. The van der Waals surface area contributed by atoms with Gasteiger partial charge in [-0.1, -0.05) is 92.2 Å². The standard InChI is InChI=1S/C55H74N4O13/c1-11-45-37(29-68-55-53(67-10)52(66-9)49(64)34(6)70-55)24-30(2)20-21-43(60)31(3)25-36(51(32(4)44(61)27-46(62)71-45)72-54-50(65)47(58(7)8)48(63)33(5)69-54)22-23-59-28-42(56-57-59)41-26-35-16-12-13-17-38(35)39-18-14-15-19-40(39)41/h12-21,24,26,28,31-34,36-37,44-45,47-52,54,61,63-65H,11,22-23,25,27,29H2,1-10H3/b21-20+,30-24+/t31-,32+,33-,34?,36+,37-,44-,45-,47?,48-,49-,50?,51-,52+,54+/m1/s1. The molecule has 3 unspecified atom stereocenters. The zero-order chi connectivity index (χ0) is 52.0. The fraction of sp³-hybridized carbons (Fsp3) is 0.564. The molecule has 15 atom stereocenters. The van der Waals surface area contributed by atoms with Gasteiger partial charge in [0.15, 0.2) is 18.2 Å². The number of ether oxygens (including phenoxy) is 7. The summed E-state index contributed by atoms with van der Waals surface area (Å²) < 4.78 is 44.2. The maximum atomic E-state index is 14.2. The summed E-state index contributed by atoms with van der Waals surface area (Å²) in [6.07, 6.45) is -2.13. The summed E-state index contributed by atoms with van der Waals surface area (Å²) in [5.41, 5.74) is 2.33. The highest BCUT2D eigenvalue weighted by Crippen LogP contribution is 2.37. The van der Waals surface area contributed by atoms with E-state index in [1.165, 1.54) is 20.3 Å². The molecule has 0 saturated carbocycles. The zero-order valence-corrected chi connectivity index (χ0v) is 43.2. The van der Waals surface area contributed by atoms with Crippen LogP contribution in [-0.2, 0) is 49.3 Å². The number of fused-ring (bicyclic) bond motifs is 3. The number of carbonyl (C=O) groups is 2. The quantitative estimate of drug-likeness (QED) is 0.0880. The number of hydrogen-bond acceptors (Lipinski definition) is 16. The van der Waals surface area contributed by atoms with Crippen molar-refractivity contribution < 1.29 is 63.2 Å². The largest absolute Gasteiger partial charge is 0.492 e. The van der Waals surface area contributed by atoms with Gasteiger partial charge in [0.05, 0.1) is 50.2 Å². The van der Waals surface area contributed by atoms with Crippen LogP contribution >= 0.6 is 0 Å². The van der Waals surface area contributed by atoms with Crippen LogP contribution < -0.4 is 0 Å². The first-order valence-electron chi connectivity index (χ1n) is 25.1. The number of rotatable bonds is 13. The second-order valence-corrected chi connectivity index (χ2v) is 20.0. The van der Waals surface area contributed by atoms with Crippen molar-refractivity contribution in [1.29, 1.82) is 0 Å². The molecule has 1 saturated heterocycles. The van der Waals surface area contributed by atoms with E-state index in [-0.39, 0.29) is 30.5 Å². The van der Waals surface area contributed by atoms with E-state index in [1.54, 1.807) is 50.5 Å². The number of allylic oxidation sites excluding steroid dienone is 3. The van der Waals surface area contributed by atoms with Crippen molar-refractivity contribution in [3.63, 3.8) is 0 Å². The van der Waals surface area contributed by atoms with E-state index in [2.05, 4.69) is 40.6 Å². The summed E-state index contributed by atoms with van der Waals surface area (Å²) in [4.78, 5) is 30.0. The minimum Gasteiger partial charge on any atom is -0.492 e. The van der Waals surface area contributed by atoms with Crippen LogP contribution in [0.4, 0.5) is 0 Å². The third kappa shape index (κ3) is 12.2. The number of carbonyl (C=O) groups excluding carboxylic acids is 2. The molecule has 3 aliphatic heterocycles. The third-order valence-corrected chi connectivity index (χ3v) is 14.7. The maximum absolute atomic E-state index is 14.2. The monoisotopic (exact) mass is 999 g/mol. The second kappa shape index (κ2) is 24.2. The minimum atomic E-state index is -1.32. The topological polar surface area (TPSA) is 214 Å². The number of ketones is 1. The van der Waals surface area contributed by atoms with Crippen molar-refractivity contribution in [2.45, 2.75) is 141 Å². The summed E-state index contributed by atoms with van der Waals surface area (Å²) in [6, 6.07) is 17.8. The van der Waals surface area contributed by atoms with Gasteiger partial charge >= 0.3 is 11.9 Å². The molecule has 4 heterocycles. The molecular weight excluding hydrogens is 925 g/mol. The van der Waals surface area contributed by atoms with Crippen molar-refractivity contribution in [1.82, 2.24) is 19.9 Å². The number of esters is 1. The summed E-state index contributed by atoms with van der Waals surface area (Å²) in [5.74, 6) is -2.99. The summed E-state index contributed by atoms with van der Waals surface area (Å²) >= 11 is 0. The van der Waals surface area contributed by atoms with Gasteiger partial charge in [-0.15, -0.1) is 5.10 Å². The van der Waals surface area contributed by atoms with Gasteiger partial charge in [-0.2, -0.15) is 0 Å². The average Bonchev–Trinajstić information content (AvgIpc) is 3.84. The van der Waals surface area contributed by atoms with Gasteiger partial charge in [0.2, 0.25) is 5.76 Å². The number of hydrogen-bond donors (Lipinski definition) is 4. The highest BCUT2D eigenvalue weighted by Gasteiger charge is 2.47. The zero-order valence-electron chi connectivity index (χ0n) is 43.2.